The van der Waals surface area contributed by atoms with Crippen molar-refractivity contribution in [1.82, 2.24) is 0 Å². The van der Waals surface area contributed by atoms with Gasteiger partial charge in [-0.1, -0.05) is 41.4 Å². The van der Waals surface area contributed by atoms with Gasteiger partial charge in [-0.25, -0.2) is 0 Å². The Morgan fingerprint density at radius 1 is 1.05 bits per heavy atom. The molecule has 1 amide bonds. The number of rotatable bonds is 1. The van der Waals surface area contributed by atoms with Gasteiger partial charge in [0.05, 0.1) is 0 Å². The number of carbonyl (C=O) groups is 1. The SMILES string of the molecule is O=C1Nc2ccc(Cl)cc2/C1=C\c1ccccc1Cl. The van der Waals surface area contributed by atoms with Crippen LogP contribution in [0.25, 0.3) is 11.6 Å². The van der Waals surface area contributed by atoms with Crippen molar-refractivity contribution in [3.63, 3.8) is 0 Å². The smallest absolute Gasteiger partial charge is 0.256 e. The standard InChI is InChI=1S/C15H9Cl2NO/c16-10-5-6-14-11(8-10)12(15(19)18-14)7-9-3-1-2-4-13(9)17/h1-8H,(H,18,19)/b12-7+. The second-order valence-corrected chi connectivity index (χ2v) is 5.07. The summed E-state index contributed by atoms with van der Waals surface area (Å²) in [7, 11) is 0. The fraction of sp³-hybridized carbons (Fsp3) is 0. The molecule has 1 N–H and O–H groups in total. The second-order valence-electron chi connectivity index (χ2n) is 4.22. The van der Waals surface area contributed by atoms with Gasteiger partial charge in [-0.05, 0) is 35.9 Å². The van der Waals surface area contributed by atoms with E-state index in [0.717, 1.165) is 16.8 Å². The molecule has 1 aliphatic heterocycles. The summed E-state index contributed by atoms with van der Waals surface area (Å²) in [5, 5.41) is 4.01. The highest BCUT2D eigenvalue weighted by atomic mass is 35.5. The Kier molecular flexibility index (Phi) is 3.05. The summed E-state index contributed by atoms with van der Waals surface area (Å²) in [6.45, 7) is 0. The van der Waals surface area contributed by atoms with Gasteiger partial charge in [0.25, 0.3) is 5.91 Å². The molecule has 0 radical (unpaired) electrons. The van der Waals surface area contributed by atoms with Crippen LogP contribution in [0.3, 0.4) is 0 Å². The summed E-state index contributed by atoms with van der Waals surface area (Å²) >= 11 is 12.1. The Bertz CT molecular complexity index is 707. The fourth-order valence-electron chi connectivity index (χ4n) is 2.05. The number of nitrogens with one attached hydrogen (secondary N) is 1. The van der Waals surface area contributed by atoms with E-state index >= 15 is 0 Å². The van der Waals surface area contributed by atoms with Crippen LogP contribution in [0.15, 0.2) is 42.5 Å². The first-order chi connectivity index (χ1) is 9.15. The molecule has 2 aromatic rings. The maximum atomic E-state index is 12.0. The van der Waals surface area contributed by atoms with Crippen LogP contribution in [-0.4, -0.2) is 5.91 Å². The molecule has 4 heteroatoms. The first-order valence-corrected chi connectivity index (χ1v) is 6.48. The van der Waals surface area contributed by atoms with Crippen LogP contribution in [0.2, 0.25) is 10.0 Å². The first-order valence-electron chi connectivity index (χ1n) is 5.72. The lowest BCUT2D eigenvalue weighted by Gasteiger charge is -2.01. The van der Waals surface area contributed by atoms with Gasteiger partial charge in [0.2, 0.25) is 0 Å². The molecule has 1 aliphatic rings. The van der Waals surface area contributed by atoms with Crippen LogP contribution in [-0.2, 0) is 4.79 Å². The molecular formula is C15H9Cl2NO. The van der Waals surface area contributed by atoms with Crippen molar-refractivity contribution in [3.05, 3.63) is 63.6 Å². The molecule has 0 aliphatic carbocycles. The number of amides is 1. The molecule has 0 fully saturated rings. The van der Waals surface area contributed by atoms with E-state index in [2.05, 4.69) is 5.32 Å². The molecule has 0 bridgehead atoms. The third kappa shape index (κ3) is 2.25. The van der Waals surface area contributed by atoms with Crippen molar-refractivity contribution in [2.45, 2.75) is 0 Å². The Morgan fingerprint density at radius 2 is 1.84 bits per heavy atom. The Morgan fingerprint density at radius 3 is 2.63 bits per heavy atom. The maximum absolute atomic E-state index is 12.0. The monoisotopic (exact) mass is 289 g/mol. The van der Waals surface area contributed by atoms with Crippen LogP contribution >= 0.6 is 23.2 Å². The van der Waals surface area contributed by atoms with Crippen molar-refractivity contribution in [2.75, 3.05) is 5.32 Å². The minimum absolute atomic E-state index is 0.141. The van der Waals surface area contributed by atoms with Gasteiger partial charge in [-0.2, -0.15) is 0 Å². The number of halogens is 2. The molecule has 19 heavy (non-hydrogen) atoms. The maximum Gasteiger partial charge on any atom is 0.256 e. The van der Waals surface area contributed by atoms with Crippen molar-refractivity contribution < 1.29 is 4.79 Å². The van der Waals surface area contributed by atoms with Crippen LogP contribution in [0, 0.1) is 0 Å². The number of benzene rings is 2. The van der Waals surface area contributed by atoms with Gasteiger partial charge in [0.15, 0.2) is 0 Å². The highest BCUT2D eigenvalue weighted by Gasteiger charge is 2.24. The highest BCUT2D eigenvalue weighted by Crippen LogP contribution is 2.35. The van der Waals surface area contributed by atoms with Gasteiger partial charge in [0.1, 0.15) is 0 Å². The predicted molar refractivity (Wildman–Crippen MR) is 79.4 cm³/mol. The third-order valence-corrected chi connectivity index (χ3v) is 3.55. The molecule has 2 nitrogen and oxygen atoms in total. The summed E-state index contributed by atoms with van der Waals surface area (Å²) < 4.78 is 0. The Labute approximate surface area is 120 Å². The van der Waals surface area contributed by atoms with E-state index in [-0.39, 0.29) is 5.91 Å². The summed E-state index contributed by atoms with van der Waals surface area (Å²) in [5.74, 6) is -0.141. The summed E-state index contributed by atoms with van der Waals surface area (Å²) in [5.41, 5.74) is 2.96. The average molecular weight is 290 g/mol. The number of anilines is 1. The molecule has 0 aromatic heterocycles. The highest BCUT2D eigenvalue weighted by molar-refractivity contribution is 6.38. The van der Waals surface area contributed by atoms with E-state index in [9.17, 15) is 4.79 Å². The van der Waals surface area contributed by atoms with Crippen molar-refractivity contribution >= 4 is 46.4 Å². The molecule has 94 valence electrons. The molecule has 0 saturated carbocycles. The molecule has 0 unspecified atom stereocenters. The van der Waals surface area contributed by atoms with Crippen molar-refractivity contribution in [3.8, 4) is 0 Å². The van der Waals surface area contributed by atoms with Crippen LogP contribution in [0.4, 0.5) is 5.69 Å². The Hall–Kier alpha value is -1.77. The van der Waals surface area contributed by atoms with E-state index in [0.29, 0.717) is 15.6 Å². The summed E-state index contributed by atoms with van der Waals surface area (Å²) in [6, 6.07) is 12.7. The van der Waals surface area contributed by atoms with Gasteiger partial charge in [-0.3, -0.25) is 4.79 Å². The largest absolute Gasteiger partial charge is 0.321 e. The predicted octanol–water partition coefficient (Wildman–Crippen LogP) is 4.49. The molecule has 0 spiro atoms. The first kappa shape index (κ1) is 12.3. The minimum atomic E-state index is -0.141. The van der Waals surface area contributed by atoms with E-state index in [1.165, 1.54) is 0 Å². The molecule has 3 rings (SSSR count). The topological polar surface area (TPSA) is 29.1 Å². The van der Waals surface area contributed by atoms with Gasteiger partial charge >= 0.3 is 0 Å². The fourth-order valence-corrected chi connectivity index (χ4v) is 2.41. The number of hydrogen-bond donors (Lipinski definition) is 1. The number of carbonyl (C=O) groups excluding carboxylic acids is 1. The second kappa shape index (κ2) is 4.72. The lowest BCUT2D eigenvalue weighted by Crippen LogP contribution is -2.03. The number of fused-ring (bicyclic) bond motifs is 1. The molecule has 1 heterocycles. The van der Waals surface area contributed by atoms with Gasteiger partial charge in [0, 0.05) is 26.9 Å². The van der Waals surface area contributed by atoms with Crippen LogP contribution in [0.1, 0.15) is 11.1 Å². The number of hydrogen-bond acceptors (Lipinski definition) is 1. The van der Waals surface area contributed by atoms with Gasteiger partial charge in [-0.15, -0.1) is 0 Å². The molecule has 0 saturated heterocycles. The van der Waals surface area contributed by atoms with Crippen molar-refractivity contribution in [2.24, 2.45) is 0 Å². The van der Waals surface area contributed by atoms with Gasteiger partial charge < -0.3 is 5.32 Å². The zero-order valence-electron chi connectivity index (χ0n) is 9.78. The average Bonchev–Trinajstić information content (AvgIpc) is 2.69. The quantitative estimate of drug-likeness (QED) is 0.770. The lowest BCUT2D eigenvalue weighted by atomic mass is 10.0. The molecular weight excluding hydrogens is 281 g/mol. The lowest BCUT2D eigenvalue weighted by molar-refractivity contribution is -0.110. The van der Waals surface area contributed by atoms with E-state index in [1.54, 1.807) is 30.3 Å². The minimum Gasteiger partial charge on any atom is -0.321 e. The zero-order valence-corrected chi connectivity index (χ0v) is 11.3. The summed E-state index contributed by atoms with van der Waals surface area (Å²) in [4.78, 5) is 12.0. The van der Waals surface area contributed by atoms with E-state index in [4.69, 9.17) is 23.2 Å². The normalized spacial score (nSPS) is 15.5. The zero-order chi connectivity index (χ0) is 13.4. The van der Waals surface area contributed by atoms with Crippen molar-refractivity contribution in [1.29, 1.82) is 0 Å². The Balaban J connectivity index is 2.14. The van der Waals surface area contributed by atoms with Crippen LogP contribution < -0.4 is 5.32 Å². The summed E-state index contributed by atoms with van der Waals surface area (Å²) in [6.07, 6.45) is 1.78. The van der Waals surface area contributed by atoms with E-state index < -0.39 is 0 Å². The third-order valence-electron chi connectivity index (χ3n) is 2.97. The molecule has 0 atom stereocenters. The van der Waals surface area contributed by atoms with E-state index in [1.807, 2.05) is 18.2 Å². The van der Waals surface area contributed by atoms with Crippen LogP contribution in [0.5, 0.6) is 0 Å². The molecule has 2 aromatic carbocycles.